The molecule has 1 aromatic heterocycles. The molecule has 0 spiro atoms. The summed E-state index contributed by atoms with van der Waals surface area (Å²) in [7, 11) is 0. The van der Waals surface area contributed by atoms with Gasteiger partial charge in [-0.3, -0.25) is 0 Å². The molecule has 2 rings (SSSR count). The van der Waals surface area contributed by atoms with E-state index in [1.165, 1.54) is 0 Å². The molecule has 3 N–H and O–H groups in total. The molecule has 0 saturated carbocycles. The first kappa shape index (κ1) is 19.6. The quantitative estimate of drug-likeness (QED) is 0.716. The van der Waals surface area contributed by atoms with Crippen LogP contribution < -0.4 is 5.32 Å². The fraction of sp³-hybridized carbons (Fsp3) is 0.312. The molecule has 2 atom stereocenters. The molecule has 0 aliphatic carbocycles. The van der Waals surface area contributed by atoms with Crippen LogP contribution >= 0.6 is 0 Å². The second kappa shape index (κ2) is 8.59. The van der Waals surface area contributed by atoms with Crippen molar-refractivity contribution in [3.05, 3.63) is 59.7 Å². The molecule has 7 nitrogen and oxygen atoms in total. The molecule has 0 fully saturated rings. The third kappa shape index (κ3) is 5.67. The number of carbonyl (C=O) groups excluding carboxylic acids is 1. The maximum atomic E-state index is 12.4. The molecule has 0 aliphatic heterocycles. The maximum absolute atomic E-state index is 12.4. The van der Waals surface area contributed by atoms with Crippen LogP contribution in [-0.2, 0) is 17.5 Å². The number of benzene rings is 1. The summed E-state index contributed by atoms with van der Waals surface area (Å²) in [6.45, 7) is -0.353. The van der Waals surface area contributed by atoms with Crippen molar-refractivity contribution in [3.8, 4) is 0 Å². The molecule has 0 aliphatic rings. The predicted octanol–water partition coefficient (Wildman–Crippen LogP) is 1.82. The molecule has 1 aromatic carbocycles. The number of ether oxygens (including phenoxy) is 1. The van der Waals surface area contributed by atoms with E-state index >= 15 is 0 Å². The number of carbonyl (C=O) groups is 1. The Morgan fingerprint density at radius 2 is 1.77 bits per heavy atom. The molecule has 1 amide bonds. The minimum absolute atomic E-state index is 0.0259. The number of halogens is 3. The Morgan fingerprint density at radius 1 is 1.15 bits per heavy atom. The van der Waals surface area contributed by atoms with E-state index in [0.29, 0.717) is 0 Å². The second-order valence-electron chi connectivity index (χ2n) is 5.29. The van der Waals surface area contributed by atoms with Crippen molar-refractivity contribution >= 4 is 6.09 Å². The van der Waals surface area contributed by atoms with Gasteiger partial charge in [0.05, 0.1) is 0 Å². The van der Waals surface area contributed by atoms with Gasteiger partial charge in [0.2, 0.25) is 5.82 Å². The molecule has 10 heteroatoms. The van der Waals surface area contributed by atoms with Crippen molar-refractivity contribution in [2.75, 3.05) is 6.54 Å². The topological polar surface area (TPSA) is 105 Å². The Morgan fingerprint density at radius 3 is 2.35 bits per heavy atom. The molecule has 0 radical (unpaired) electrons. The van der Waals surface area contributed by atoms with E-state index in [1.54, 1.807) is 24.3 Å². The van der Waals surface area contributed by atoms with Crippen molar-refractivity contribution in [1.29, 1.82) is 0 Å². The summed E-state index contributed by atoms with van der Waals surface area (Å²) in [5.41, 5.74) is 0.648. The zero-order chi connectivity index (χ0) is 19.2. The minimum atomic E-state index is -4.70. The van der Waals surface area contributed by atoms with Crippen LogP contribution in [0.4, 0.5) is 18.0 Å². The largest absolute Gasteiger partial charge is 0.451 e. The number of hydrogen-bond acceptors (Lipinski definition) is 6. The fourth-order valence-electron chi connectivity index (χ4n) is 1.93. The van der Waals surface area contributed by atoms with Crippen molar-refractivity contribution in [2.24, 2.45) is 0 Å². The maximum Gasteiger partial charge on any atom is 0.451 e. The van der Waals surface area contributed by atoms with Crippen LogP contribution in [0.25, 0.3) is 0 Å². The zero-order valence-electron chi connectivity index (χ0n) is 13.3. The number of alkyl carbamates (subject to hydrolysis) is 1. The van der Waals surface area contributed by atoms with Crippen LogP contribution in [0.2, 0.25) is 0 Å². The van der Waals surface area contributed by atoms with Gasteiger partial charge in [-0.2, -0.15) is 13.2 Å². The van der Waals surface area contributed by atoms with E-state index in [2.05, 4.69) is 15.3 Å². The lowest BCUT2D eigenvalue weighted by molar-refractivity contribution is -0.145. The molecule has 0 saturated heterocycles. The van der Waals surface area contributed by atoms with Gasteiger partial charge in [-0.25, -0.2) is 14.8 Å². The average Bonchev–Trinajstić information content (AvgIpc) is 2.64. The standard InChI is InChI=1S/C16H16F3N3O4/c17-16(18,19)14-20-6-11(7-21-14)13(24)12(23)8-22-15(25)26-9-10-4-2-1-3-5-10/h1-7,12-13,23-24H,8-9H2,(H,22,25). The van der Waals surface area contributed by atoms with Gasteiger partial charge in [0.15, 0.2) is 0 Å². The fourth-order valence-corrected chi connectivity index (χ4v) is 1.93. The third-order valence-corrected chi connectivity index (χ3v) is 3.30. The summed E-state index contributed by atoms with van der Waals surface area (Å²) < 4.78 is 42.1. The van der Waals surface area contributed by atoms with Gasteiger partial charge >= 0.3 is 12.3 Å². The molecule has 2 aromatic rings. The third-order valence-electron chi connectivity index (χ3n) is 3.30. The lowest BCUT2D eigenvalue weighted by Gasteiger charge is -2.18. The zero-order valence-corrected chi connectivity index (χ0v) is 13.3. The van der Waals surface area contributed by atoms with E-state index in [4.69, 9.17) is 4.74 Å². The van der Waals surface area contributed by atoms with Crippen molar-refractivity contribution in [1.82, 2.24) is 15.3 Å². The van der Waals surface area contributed by atoms with Gasteiger partial charge in [-0.1, -0.05) is 30.3 Å². The highest BCUT2D eigenvalue weighted by atomic mass is 19.4. The molecule has 0 bridgehead atoms. The van der Waals surface area contributed by atoms with Gasteiger partial charge in [-0.05, 0) is 5.56 Å². The number of hydrogen-bond donors (Lipinski definition) is 3. The Labute approximate surface area is 146 Å². The van der Waals surface area contributed by atoms with Gasteiger partial charge in [-0.15, -0.1) is 0 Å². The first-order valence-electron chi connectivity index (χ1n) is 7.47. The number of alkyl halides is 3. The predicted molar refractivity (Wildman–Crippen MR) is 82.6 cm³/mol. The minimum Gasteiger partial charge on any atom is -0.445 e. The number of amides is 1. The number of aliphatic hydroxyl groups excluding tert-OH is 2. The summed E-state index contributed by atoms with van der Waals surface area (Å²) in [4.78, 5) is 17.7. The van der Waals surface area contributed by atoms with Gasteiger partial charge in [0, 0.05) is 24.5 Å². The van der Waals surface area contributed by atoms with E-state index in [-0.39, 0.29) is 18.7 Å². The van der Waals surface area contributed by atoms with Crippen LogP contribution in [0.1, 0.15) is 23.1 Å². The highest BCUT2D eigenvalue weighted by Gasteiger charge is 2.34. The van der Waals surface area contributed by atoms with Crippen LogP contribution in [0.15, 0.2) is 42.7 Å². The van der Waals surface area contributed by atoms with Crippen LogP contribution in [0.5, 0.6) is 0 Å². The lowest BCUT2D eigenvalue weighted by atomic mass is 10.1. The molecular formula is C16H16F3N3O4. The molecular weight excluding hydrogens is 355 g/mol. The number of nitrogens with zero attached hydrogens (tertiary/aromatic N) is 2. The van der Waals surface area contributed by atoms with Crippen LogP contribution in [-0.4, -0.2) is 38.9 Å². The van der Waals surface area contributed by atoms with E-state index < -0.39 is 30.3 Å². The molecule has 26 heavy (non-hydrogen) atoms. The molecule has 1 heterocycles. The summed E-state index contributed by atoms with van der Waals surface area (Å²) in [5, 5.41) is 22.0. The summed E-state index contributed by atoms with van der Waals surface area (Å²) in [5.74, 6) is -1.36. The van der Waals surface area contributed by atoms with Crippen molar-refractivity contribution in [2.45, 2.75) is 25.0 Å². The Bertz CT molecular complexity index is 711. The Hall–Kier alpha value is -2.72. The highest BCUT2D eigenvalue weighted by Crippen LogP contribution is 2.26. The first-order valence-corrected chi connectivity index (χ1v) is 7.47. The first-order chi connectivity index (χ1) is 12.3. The number of nitrogens with one attached hydrogen (secondary N) is 1. The number of aromatic nitrogens is 2. The summed E-state index contributed by atoms with van der Waals surface area (Å²) >= 11 is 0. The Kier molecular flexibility index (Phi) is 6.47. The van der Waals surface area contributed by atoms with Crippen molar-refractivity contribution in [3.63, 3.8) is 0 Å². The monoisotopic (exact) mass is 371 g/mol. The van der Waals surface area contributed by atoms with Gasteiger partial charge in [0.25, 0.3) is 0 Å². The van der Waals surface area contributed by atoms with Gasteiger partial charge in [0.1, 0.15) is 18.8 Å². The Balaban J connectivity index is 1.81. The van der Waals surface area contributed by atoms with Crippen LogP contribution in [0, 0.1) is 0 Å². The van der Waals surface area contributed by atoms with Gasteiger partial charge < -0.3 is 20.3 Å². The van der Waals surface area contributed by atoms with Crippen molar-refractivity contribution < 1.29 is 32.9 Å². The van der Waals surface area contributed by atoms with E-state index in [0.717, 1.165) is 18.0 Å². The second-order valence-corrected chi connectivity index (χ2v) is 5.29. The summed E-state index contributed by atoms with van der Waals surface area (Å²) in [6.07, 6.45) is -7.06. The average molecular weight is 371 g/mol. The van der Waals surface area contributed by atoms with E-state index in [9.17, 15) is 28.2 Å². The smallest absolute Gasteiger partial charge is 0.445 e. The lowest BCUT2D eigenvalue weighted by Crippen LogP contribution is -2.35. The number of aliphatic hydroxyl groups is 2. The SMILES string of the molecule is O=C(NCC(O)C(O)c1cnc(C(F)(F)F)nc1)OCc1ccccc1. The normalized spacial score (nSPS) is 13.7. The number of rotatable bonds is 6. The highest BCUT2D eigenvalue weighted by molar-refractivity contribution is 5.67. The molecule has 2 unspecified atom stereocenters. The molecule has 140 valence electrons. The van der Waals surface area contributed by atoms with Crippen LogP contribution in [0.3, 0.4) is 0 Å². The van der Waals surface area contributed by atoms with E-state index in [1.807, 2.05) is 6.07 Å². The summed E-state index contributed by atoms with van der Waals surface area (Å²) in [6, 6.07) is 8.89.